The molecule has 0 spiro atoms. The molecule has 1 aromatic rings. The minimum absolute atomic E-state index is 0.112. The van der Waals surface area contributed by atoms with Gasteiger partial charge in [0.2, 0.25) is 0 Å². The maximum Gasteiger partial charge on any atom is 0.410 e. The Morgan fingerprint density at radius 3 is 2.68 bits per heavy atom. The summed E-state index contributed by atoms with van der Waals surface area (Å²) < 4.78 is 12.5. The third-order valence-electron chi connectivity index (χ3n) is 3.55. The smallest absolute Gasteiger partial charge is 0.410 e. The van der Waals surface area contributed by atoms with Crippen LogP contribution in [0.15, 0.2) is 28.7 Å². The fraction of sp³-hybridized carbons (Fsp3) is 0.588. The average molecular weight is 370 g/mol. The number of nitrogens with zero attached hydrogens (tertiary/aromatic N) is 1. The molecule has 1 fully saturated rings. The maximum atomic E-state index is 12.2. The molecular weight excluding hydrogens is 346 g/mol. The number of amides is 1. The molecule has 1 saturated heterocycles. The molecule has 122 valence electrons. The first kappa shape index (κ1) is 17.1. The SMILES string of the molecule is C[C@H]1C[C@H](Oc2cccc(Br)c2)CCN1C(=O)OC(C)(C)C. The molecule has 0 aromatic heterocycles. The number of likely N-dealkylation sites (tertiary alicyclic amines) is 1. The molecule has 0 aliphatic carbocycles. The quantitative estimate of drug-likeness (QED) is 0.763. The number of carbonyl (C=O) groups excluding carboxylic acids is 1. The highest BCUT2D eigenvalue weighted by atomic mass is 79.9. The highest BCUT2D eigenvalue weighted by Gasteiger charge is 2.32. The highest BCUT2D eigenvalue weighted by Crippen LogP contribution is 2.25. The second kappa shape index (κ2) is 6.90. The van der Waals surface area contributed by atoms with Crippen LogP contribution in [-0.2, 0) is 4.74 Å². The zero-order valence-corrected chi connectivity index (χ0v) is 15.2. The largest absolute Gasteiger partial charge is 0.490 e. The lowest BCUT2D eigenvalue weighted by Gasteiger charge is -2.38. The number of carbonyl (C=O) groups is 1. The van der Waals surface area contributed by atoms with Crippen molar-refractivity contribution in [2.24, 2.45) is 0 Å². The number of halogens is 1. The van der Waals surface area contributed by atoms with Gasteiger partial charge in [0.15, 0.2) is 0 Å². The van der Waals surface area contributed by atoms with Crippen molar-refractivity contribution in [2.45, 2.75) is 58.3 Å². The fourth-order valence-electron chi connectivity index (χ4n) is 2.56. The molecule has 2 rings (SSSR count). The fourth-order valence-corrected chi connectivity index (χ4v) is 2.94. The van der Waals surface area contributed by atoms with Gasteiger partial charge in [-0.1, -0.05) is 22.0 Å². The van der Waals surface area contributed by atoms with Gasteiger partial charge >= 0.3 is 6.09 Å². The number of hydrogen-bond donors (Lipinski definition) is 0. The van der Waals surface area contributed by atoms with Crippen LogP contribution in [0.5, 0.6) is 5.75 Å². The summed E-state index contributed by atoms with van der Waals surface area (Å²) >= 11 is 3.45. The van der Waals surface area contributed by atoms with Crippen LogP contribution in [0, 0.1) is 0 Å². The Hall–Kier alpha value is -1.23. The predicted molar refractivity (Wildman–Crippen MR) is 90.2 cm³/mol. The Kier molecular flexibility index (Phi) is 5.37. The summed E-state index contributed by atoms with van der Waals surface area (Å²) in [6.07, 6.45) is 1.52. The molecular formula is C17H24BrNO3. The van der Waals surface area contributed by atoms with Gasteiger partial charge < -0.3 is 14.4 Å². The van der Waals surface area contributed by atoms with E-state index in [1.165, 1.54) is 0 Å². The zero-order valence-electron chi connectivity index (χ0n) is 13.6. The van der Waals surface area contributed by atoms with E-state index < -0.39 is 5.60 Å². The van der Waals surface area contributed by atoms with Gasteiger partial charge in [-0.15, -0.1) is 0 Å². The number of piperidine rings is 1. The van der Waals surface area contributed by atoms with Crippen LogP contribution >= 0.6 is 15.9 Å². The van der Waals surface area contributed by atoms with Gasteiger partial charge in [-0.2, -0.15) is 0 Å². The van der Waals surface area contributed by atoms with E-state index in [9.17, 15) is 4.79 Å². The van der Waals surface area contributed by atoms with Crippen LogP contribution in [0.2, 0.25) is 0 Å². The van der Waals surface area contributed by atoms with Crippen molar-refractivity contribution in [1.29, 1.82) is 0 Å². The van der Waals surface area contributed by atoms with Gasteiger partial charge in [0, 0.05) is 29.9 Å². The molecule has 1 heterocycles. The lowest BCUT2D eigenvalue weighted by atomic mass is 10.0. The standard InChI is InChI=1S/C17H24BrNO3/c1-12-10-15(21-14-7-5-6-13(18)11-14)8-9-19(12)16(20)22-17(2,3)4/h5-7,11-12,15H,8-10H2,1-4H3/t12-,15+/m0/s1. The van der Waals surface area contributed by atoms with Crippen molar-refractivity contribution >= 4 is 22.0 Å². The molecule has 0 saturated carbocycles. The number of benzene rings is 1. The van der Waals surface area contributed by atoms with E-state index in [2.05, 4.69) is 15.9 Å². The molecule has 5 heteroatoms. The van der Waals surface area contributed by atoms with Crippen LogP contribution in [0.1, 0.15) is 40.5 Å². The normalized spacial score (nSPS) is 22.3. The highest BCUT2D eigenvalue weighted by molar-refractivity contribution is 9.10. The maximum absolute atomic E-state index is 12.2. The van der Waals surface area contributed by atoms with Crippen molar-refractivity contribution < 1.29 is 14.3 Å². The van der Waals surface area contributed by atoms with E-state index in [0.717, 1.165) is 23.1 Å². The summed E-state index contributed by atoms with van der Waals surface area (Å²) in [7, 11) is 0. The van der Waals surface area contributed by atoms with E-state index in [1.54, 1.807) is 4.90 Å². The summed E-state index contributed by atoms with van der Waals surface area (Å²) in [6, 6.07) is 7.96. The van der Waals surface area contributed by atoms with Gasteiger partial charge in [0.05, 0.1) is 0 Å². The Morgan fingerprint density at radius 2 is 2.09 bits per heavy atom. The third kappa shape index (κ3) is 4.90. The van der Waals surface area contributed by atoms with Gasteiger partial charge in [0.1, 0.15) is 17.5 Å². The van der Waals surface area contributed by atoms with Crippen LogP contribution in [-0.4, -0.2) is 35.3 Å². The Morgan fingerprint density at radius 1 is 1.36 bits per heavy atom. The van der Waals surface area contributed by atoms with Crippen LogP contribution < -0.4 is 4.74 Å². The molecule has 0 unspecified atom stereocenters. The number of rotatable bonds is 2. The third-order valence-corrected chi connectivity index (χ3v) is 4.05. The van der Waals surface area contributed by atoms with E-state index >= 15 is 0 Å². The lowest BCUT2D eigenvalue weighted by Crippen LogP contribution is -2.49. The van der Waals surface area contributed by atoms with Crippen LogP contribution in [0.3, 0.4) is 0 Å². The Balaban J connectivity index is 1.91. The summed E-state index contributed by atoms with van der Waals surface area (Å²) in [5.41, 5.74) is -0.458. The van der Waals surface area contributed by atoms with Gasteiger partial charge in [-0.05, 0) is 45.9 Å². The molecule has 1 aliphatic rings. The van der Waals surface area contributed by atoms with E-state index in [1.807, 2.05) is 52.0 Å². The monoisotopic (exact) mass is 369 g/mol. The molecule has 1 aromatic carbocycles. The summed E-state index contributed by atoms with van der Waals surface area (Å²) in [5.74, 6) is 0.859. The zero-order chi connectivity index (χ0) is 16.3. The van der Waals surface area contributed by atoms with E-state index in [0.29, 0.717) is 6.54 Å². The molecule has 22 heavy (non-hydrogen) atoms. The summed E-state index contributed by atoms with van der Waals surface area (Å²) in [6.45, 7) is 8.37. The molecule has 0 bridgehead atoms. The number of ether oxygens (including phenoxy) is 2. The Bertz CT molecular complexity index is 527. The minimum Gasteiger partial charge on any atom is -0.490 e. The molecule has 0 radical (unpaired) electrons. The first-order valence-corrected chi connectivity index (χ1v) is 8.46. The van der Waals surface area contributed by atoms with E-state index in [4.69, 9.17) is 9.47 Å². The predicted octanol–water partition coefficient (Wildman–Crippen LogP) is 4.62. The lowest BCUT2D eigenvalue weighted by molar-refractivity contribution is -0.00103. The molecule has 4 nitrogen and oxygen atoms in total. The molecule has 1 aliphatic heterocycles. The molecule has 0 N–H and O–H groups in total. The van der Waals surface area contributed by atoms with Crippen LogP contribution in [0.25, 0.3) is 0 Å². The van der Waals surface area contributed by atoms with Crippen molar-refractivity contribution in [3.63, 3.8) is 0 Å². The van der Waals surface area contributed by atoms with E-state index in [-0.39, 0.29) is 18.2 Å². The molecule has 2 atom stereocenters. The topological polar surface area (TPSA) is 38.8 Å². The second-order valence-corrected chi connectivity index (χ2v) is 7.66. The first-order valence-electron chi connectivity index (χ1n) is 7.66. The first-order chi connectivity index (χ1) is 10.2. The number of hydrogen-bond acceptors (Lipinski definition) is 3. The summed E-state index contributed by atoms with van der Waals surface area (Å²) in [4.78, 5) is 14.0. The van der Waals surface area contributed by atoms with Crippen LogP contribution in [0.4, 0.5) is 4.79 Å². The van der Waals surface area contributed by atoms with Gasteiger partial charge in [-0.3, -0.25) is 0 Å². The minimum atomic E-state index is -0.458. The van der Waals surface area contributed by atoms with Crippen molar-refractivity contribution in [3.8, 4) is 5.75 Å². The van der Waals surface area contributed by atoms with Gasteiger partial charge in [0.25, 0.3) is 0 Å². The molecule has 1 amide bonds. The van der Waals surface area contributed by atoms with Crippen molar-refractivity contribution in [3.05, 3.63) is 28.7 Å². The van der Waals surface area contributed by atoms with Gasteiger partial charge in [-0.25, -0.2) is 4.79 Å². The summed E-state index contributed by atoms with van der Waals surface area (Å²) in [5, 5.41) is 0. The Labute approximate surface area is 140 Å². The van der Waals surface area contributed by atoms with Crippen molar-refractivity contribution in [2.75, 3.05) is 6.54 Å². The average Bonchev–Trinajstić information content (AvgIpc) is 2.36. The second-order valence-electron chi connectivity index (χ2n) is 6.74. The van der Waals surface area contributed by atoms with Crippen molar-refractivity contribution in [1.82, 2.24) is 4.90 Å².